The molecule has 0 aromatic heterocycles. The van der Waals surface area contributed by atoms with E-state index in [4.69, 9.17) is 16.7 Å². The van der Waals surface area contributed by atoms with Crippen LogP contribution in [-0.4, -0.2) is 23.7 Å². The molecule has 0 bridgehead atoms. The van der Waals surface area contributed by atoms with Gasteiger partial charge in [0, 0.05) is 17.1 Å². The highest BCUT2D eigenvalue weighted by atomic mass is 79.9. The Morgan fingerprint density at radius 1 is 1.50 bits per heavy atom. The Labute approximate surface area is 121 Å². The summed E-state index contributed by atoms with van der Waals surface area (Å²) in [6.45, 7) is 4.06. The summed E-state index contributed by atoms with van der Waals surface area (Å²) >= 11 is 9.32. The highest BCUT2D eigenvalue weighted by molar-refractivity contribution is 9.10. The van der Waals surface area contributed by atoms with Gasteiger partial charge >= 0.3 is 0 Å². The molecule has 0 aliphatic carbocycles. The average molecular weight is 335 g/mol. The van der Waals surface area contributed by atoms with Gasteiger partial charge in [-0.2, -0.15) is 0 Å². The lowest BCUT2D eigenvalue weighted by atomic mass is 10.0. The molecule has 0 saturated heterocycles. The molecule has 2 N–H and O–H groups in total. The first kappa shape index (κ1) is 15.5. The van der Waals surface area contributed by atoms with Gasteiger partial charge < -0.3 is 10.4 Å². The van der Waals surface area contributed by atoms with Crippen molar-refractivity contribution in [3.8, 4) is 0 Å². The van der Waals surface area contributed by atoms with Crippen LogP contribution in [0.5, 0.6) is 0 Å². The molecule has 1 aromatic carbocycles. The quantitative estimate of drug-likeness (QED) is 0.868. The predicted octanol–water partition coefficient (Wildman–Crippen LogP) is 3.24. The molecule has 3 nitrogen and oxygen atoms in total. The third-order valence-electron chi connectivity index (χ3n) is 2.74. The van der Waals surface area contributed by atoms with Crippen molar-refractivity contribution in [1.29, 1.82) is 0 Å². The molecule has 0 saturated carbocycles. The van der Waals surface area contributed by atoms with Gasteiger partial charge in [0.15, 0.2) is 0 Å². The fourth-order valence-electron chi connectivity index (χ4n) is 1.63. The number of hydrogen-bond donors (Lipinski definition) is 2. The lowest BCUT2D eigenvalue weighted by Gasteiger charge is -2.21. The van der Waals surface area contributed by atoms with Crippen molar-refractivity contribution in [1.82, 2.24) is 5.32 Å². The first-order valence-electron chi connectivity index (χ1n) is 5.82. The maximum atomic E-state index is 12.1. The minimum absolute atomic E-state index is 0.0528. The van der Waals surface area contributed by atoms with Crippen molar-refractivity contribution in [2.75, 3.05) is 6.61 Å². The lowest BCUT2D eigenvalue weighted by molar-refractivity contribution is 0.0917. The number of nitrogens with one attached hydrogen (secondary N) is 1. The summed E-state index contributed by atoms with van der Waals surface area (Å²) < 4.78 is 0.833. The van der Waals surface area contributed by atoms with E-state index in [1.165, 1.54) is 0 Å². The first-order valence-corrected chi connectivity index (χ1v) is 6.99. The summed E-state index contributed by atoms with van der Waals surface area (Å²) in [4.78, 5) is 12.1. The molecule has 1 rings (SSSR count). The number of hydrogen-bond acceptors (Lipinski definition) is 2. The van der Waals surface area contributed by atoms with E-state index in [0.717, 1.165) is 4.47 Å². The van der Waals surface area contributed by atoms with E-state index in [0.29, 0.717) is 17.0 Å². The number of amides is 1. The van der Waals surface area contributed by atoms with Crippen LogP contribution in [0.25, 0.3) is 0 Å². The van der Waals surface area contributed by atoms with E-state index in [2.05, 4.69) is 21.2 Å². The average Bonchev–Trinajstić information content (AvgIpc) is 2.27. The van der Waals surface area contributed by atoms with Crippen LogP contribution in [0, 0.1) is 5.92 Å². The summed E-state index contributed by atoms with van der Waals surface area (Å²) in [5.74, 6) is 0.0509. The number of benzene rings is 1. The molecule has 100 valence electrons. The van der Waals surface area contributed by atoms with E-state index in [-0.39, 0.29) is 24.5 Å². The van der Waals surface area contributed by atoms with Crippen LogP contribution < -0.4 is 5.32 Å². The predicted molar refractivity (Wildman–Crippen MR) is 76.9 cm³/mol. The third kappa shape index (κ3) is 4.26. The van der Waals surface area contributed by atoms with Crippen LogP contribution in [0.3, 0.4) is 0 Å². The van der Waals surface area contributed by atoms with Crippen molar-refractivity contribution >= 4 is 33.4 Å². The van der Waals surface area contributed by atoms with E-state index in [1.807, 2.05) is 13.8 Å². The van der Waals surface area contributed by atoms with Crippen LogP contribution in [0.4, 0.5) is 0 Å². The van der Waals surface area contributed by atoms with E-state index in [9.17, 15) is 4.79 Å². The molecular formula is C13H17BrClNO2. The topological polar surface area (TPSA) is 49.3 Å². The molecule has 0 heterocycles. The van der Waals surface area contributed by atoms with Gasteiger partial charge in [0.25, 0.3) is 5.91 Å². The second-order valence-electron chi connectivity index (χ2n) is 4.46. The van der Waals surface area contributed by atoms with Gasteiger partial charge in [-0.1, -0.05) is 41.4 Å². The second-order valence-corrected chi connectivity index (χ2v) is 5.78. The summed E-state index contributed by atoms with van der Waals surface area (Å²) in [7, 11) is 0. The standard InChI is InChI=1S/C13H17BrClNO2/c1-8(2)12(5-6-17)16-13(18)10-4-3-9(14)7-11(10)15/h3-4,7-8,12,17H,5-6H2,1-2H3,(H,16,18). The molecule has 1 unspecified atom stereocenters. The molecule has 1 amide bonds. The number of aliphatic hydroxyl groups excluding tert-OH is 1. The summed E-state index contributed by atoms with van der Waals surface area (Å²) in [6, 6.07) is 5.09. The monoisotopic (exact) mass is 333 g/mol. The highest BCUT2D eigenvalue weighted by Crippen LogP contribution is 2.21. The Kier molecular flexibility index (Phi) is 6.12. The van der Waals surface area contributed by atoms with Gasteiger partial charge in [0.05, 0.1) is 10.6 Å². The van der Waals surface area contributed by atoms with E-state index < -0.39 is 0 Å². The van der Waals surface area contributed by atoms with Crippen molar-refractivity contribution in [3.05, 3.63) is 33.3 Å². The smallest absolute Gasteiger partial charge is 0.253 e. The Balaban J connectivity index is 2.80. The Hall–Kier alpha value is -0.580. The molecule has 0 radical (unpaired) electrons. The number of halogens is 2. The number of aliphatic hydroxyl groups is 1. The molecule has 18 heavy (non-hydrogen) atoms. The van der Waals surface area contributed by atoms with Gasteiger partial charge in [-0.05, 0) is 30.5 Å². The van der Waals surface area contributed by atoms with Crippen LogP contribution >= 0.6 is 27.5 Å². The summed E-state index contributed by atoms with van der Waals surface area (Å²) in [5.41, 5.74) is 0.448. The van der Waals surface area contributed by atoms with Crippen LogP contribution in [0.1, 0.15) is 30.6 Å². The molecule has 0 aliphatic heterocycles. The molecule has 1 aromatic rings. The largest absolute Gasteiger partial charge is 0.396 e. The molecular weight excluding hydrogens is 318 g/mol. The maximum Gasteiger partial charge on any atom is 0.253 e. The SMILES string of the molecule is CC(C)C(CCO)NC(=O)c1ccc(Br)cc1Cl. The van der Waals surface area contributed by atoms with Gasteiger partial charge in [0.1, 0.15) is 0 Å². The summed E-state index contributed by atoms with van der Waals surface area (Å²) in [6.07, 6.45) is 0.539. The zero-order chi connectivity index (χ0) is 13.7. The maximum absolute atomic E-state index is 12.1. The fraction of sp³-hybridized carbons (Fsp3) is 0.462. The van der Waals surface area contributed by atoms with Gasteiger partial charge in [-0.15, -0.1) is 0 Å². The lowest BCUT2D eigenvalue weighted by Crippen LogP contribution is -2.39. The summed E-state index contributed by atoms with van der Waals surface area (Å²) in [5, 5.41) is 12.3. The van der Waals surface area contributed by atoms with Gasteiger partial charge in [0.2, 0.25) is 0 Å². The van der Waals surface area contributed by atoms with Gasteiger partial charge in [-0.3, -0.25) is 4.79 Å². The van der Waals surface area contributed by atoms with Crippen molar-refractivity contribution in [3.63, 3.8) is 0 Å². The molecule has 0 fully saturated rings. The zero-order valence-corrected chi connectivity index (χ0v) is 12.8. The second kappa shape index (κ2) is 7.12. The third-order valence-corrected chi connectivity index (χ3v) is 3.54. The molecule has 5 heteroatoms. The Morgan fingerprint density at radius 2 is 2.17 bits per heavy atom. The van der Waals surface area contributed by atoms with Gasteiger partial charge in [-0.25, -0.2) is 0 Å². The zero-order valence-electron chi connectivity index (χ0n) is 10.4. The van der Waals surface area contributed by atoms with E-state index in [1.54, 1.807) is 18.2 Å². The van der Waals surface area contributed by atoms with Crippen molar-refractivity contribution < 1.29 is 9.90 Å². The molecule has 1 atom stereocenters. The highest BCUT2D eigenvalue weighted by Gasteiger charge is 2.18. The molecule has 0 spiro atoms. The van der Waals surface area contributed by atoms with Crippen molar-refractivity contribution in [2.45, 2.75) is 26.3 Å². The fourth-order valence-corrected chi connectivity index (χ4v) is 2.39. The van der Waals surface area contributed by atoms with Crippen molar-refractivity contribution in [2.24, 2.45) is 5.92 Å². The van der Waals surface area contributed by atoms with Crippen LogP contribution in [0.2, 0.25) is 5.02 Å². The minimum Gasteiger partial charge on any atom is -0.396 e. The van der Waals surface area contributed by atoms with Crippen LogP contribution in [0.15, 0.2) is 22.7 Å². The number of rotatable bonds is 5. The minimum atomic E-state index is -0.209. The van der Waals surface area contributed by atoms with E-state index >= 15 is 0 Å². The normalized spacial score (nSPS) is 12.6. The number of carbonyl (C=O) groups is 1. The Morgan fingerprint density at radius 3 is 2.67 bits per heavy atom. The molecule has 0 aliphatic rings. The van der Waals surface area contributed by atoms with Crippen LogP contribution in [-0.2, 0) is 0 Å². The first-order chi connectivity index (χ1) is 8.45. The Bertz CT molecular complexity index is 423. The number of carbonyl (C=O) groups excluding carboxylic acids is 1.